The van der Waals surface area contributed by atoms with Crippen LogP contribution < -0.4 is 5.32 Å². The average molecular weight is 296 g/mol. The van der Waals surface area contributed by atoms with Gasteiger partial charge in [-0.05, 0) is 45.5 Å². The third-order valence-corrected chi connectivity index (χ3v) is 3.80. The molecular formula is C15H19ClFN3. The number of likely N-dealkylation sites (N-methyl/N-ethyl adjacent to an activating group) is 1. The molecule has 0 spiro atoms. The first-order valence-electron chi connectivity index (χ1n) is 6.65. The van der Waals surface area contributed by atoms with Crippen LogP contribution in [0.4, 0.5) is 4.39 Å². The number of hydrogen-bond donors (Lipinski definition) is 1. The fraction of sp³-hybridized carbons (Fsp3) is 0.400. The summed E-state index contributed by atoms with van der Waals surface area (Å²) in [6, 6.07) is 5.05. The number of benzene rings is 1. The lowest BCUT2D eigenvalue weighted by Crippen LogP contribution is -2.11. The Bertz CT molecular complexity index is 607. The molecule has 0 bridgehead atoms. The molecule has 108 valence electrons. The summed E-state index contributed by atoms with van der Waals surface area (Å²) in [6.07, 6.45) is 0.923. The molecule has 0 saturated heterocycles. The average Bonchev–Trinajstić information content (AvgIpc) is 2.68. The van der Waals surface area contributed by atoms with Crippen LogP contribution in [0.15, 0.2) is 18.2 Å². The van der Waals surface area contributed by atoms with Crippen LogP contribution in [0.3, 0.4) is 0 Å². The number of nitrogens with zero attached hydrogens (tertiary/aromatic N) is 2. The predicted molar refractivity (Wildman–Crippen MR) is 79.8 cm³/mol. The smallest absolute Gasteiger partial charge is 0.146 e. The van der Waals surface area contributed by atoms with E-state index in [9.17, 15) is 4.39 Å². The van der Waals surface area contributed by atoms with Gasteiger partial charge in [-0.1, -0.05) is 23.7 Å². The minimum atomic E-state index is -0.363. The minimum absolute atomic E-state index is 0.152. The van der Waals surface area contributed by atoms with Gasteiger partial charge in [-0.3, -0.25) is 4.68 Å². The van der Waals surface area contributed by atoms with Gasteiger partial charge in [-0.15, -0.1) is 0 Å². The second-order valence-corrected chi connectivity index (χ2v) is 5.28. The zero-order chi connectivity index (χ0) is 14.7. The first kappa shape index (κ1) is 15.0. The van der Waals surface area contributed by atoms with Crippen LogP contribution in [0, 0.1) is 19.7 Å². The van der Waals surface area contributed by atoms with E-state index in [0.29, 0.717) is 12.1 Å². The van der Waals surface area contributed by atoms with E-state index in [2.05, 4.69) is 10.4 Å². The van der Waals surface area contributed by atoms with Crippen molar-refractivity contribution < 1.29 is 4.39 Å². The SMILES string of the molecule is CNCCc1c(C)nn(Cc2cccc(Cl)c2F)c1C. The van der Waals surface area contributed by atoms with Crippen molar-refractivity contribution >= 4 is 11.6 Å². The molecule has 5 heteroatoms. The fourth-order valence-electron chi connectivity index (χ4n) is 2.33. The van der Waals surface area contributed by atoms with Gasteiger partial charge in [0.15, 0.2) is 0 Å². The summed E-state index contributed by atoms with van der Waals surface area (Å²) < 4.78 is 15.8. The molecule has 0 atom stereocenters. The summed E-state index contributed by atoms with van der Waals surface area (Å²) in [6.45, 7) is 5.31. The maximum atomic E-state index is 13.9. The molecule has 0 aliphatic heterocycles. The van der Waals surface area contributed by atoms with Crippen molar-refractivity contribution in [1.82, 2.24) is 15.1 Å². The second-order valence-electron chi connectivity index (χ2n) is 4.87. The number of rotatable bonds is 5. The first-order chi connectivity index (χ1) is 9.54. The van der Waals surface area contributed by atoms with E-state index in [-0.39, 0.29) is 10.8 Å². The van der Waals surface area contributed by atoms with E-state index in [0.717, 1.165) is 24.4 Å². The van der Waals surface area contributed by atoms with Crippen molar-refractivity contribution in [2.75, 3.05) is 13.6 Å². The second kappa shape index (κ2) is 6.37. The summed E-state index contributed by atoms with van der Waals surface area (Å²) in [5, 5.41) is 7.79. The molecule has 0 unspecified atom stereocenters. The fourth-order valence-corrected chi connectivity index (χ4v) is 2.53. The Morgan fingerprint density at radius 3 is 2.80 bits per heavy atom. The number of nitrogens with one attached hydrogen (secondary N) is 1. The summed E-state index contributed by atoms with van der Waals surface area (Å²) in [5.41, 5.74) is 3.86. The van der Waals surface area contributed by atoms with Crippen molar-refractivity contribution in [1.29, 1.82) is 0 Å². The number of hydrogen-bond acceptors (Lipinski definition) is 2. The maximum Gasteiger partial charge on any atom is 0.146 e. The number of aryl methyl sites for hydroxylation is 1. The highest BCUT2D eigenvalue weighted by Gasteiger charge is 2.13. The van der Waals surface area contributed by atoms with Gasteiger partial charge < -0.3 is 5.32 Å². The molecule has 1 N–H and O–H groups in total. The van der Waals surface area contributed by atoms with Gasteiger partial charge in [0.1, 0.15) is 5.82 Å². The highest BCUT2D eigenvalue weighted by Crippen LogP contribution is 2.20. The lowest BCUT2D eigenvalue weighted by molar-refractivity contribution is 0.579. The van der Waals surface area contributed by atoms with Gasteiger partial charge in [-0.25, -0.2) is 4.39 Å². The van der Waals surface area contributed by atoms with Crippen molar-refractivity contribution in [3.63, 3.8) is 0 Å². The van der Waals surface area contributed by atoms with Crippen LogP contribution in [0.1, 0.15) is 22.5 Å². The Hall–Kier alpha value is -1.39. The highest BCUT2D eigenvalue weighted by atomic mass is 35.5. The van der Waals surface area contributed by atoms with Crippen molar-refractivity contribution in [3.05, 3.63) is 51.6 Å². The molecule has 2 aromatic rings. The third kappa shape index (κ3) is 3.02. The van der Waals surface area contributed by atoms with E-state index in [1.807, 2.05) is 25.6 Å². The first-order valence-corrected chi connectivity index (χ1v) is 7.02. The summed E-state index contributed by atoms with van der Waals surface area (Å²) in [7, 11) is 1.93. The molecule has 0 saturated carbocycles. The van der Waals surface area contributed by atoms with Gasteiger partial charge in [-0.2, -0.15) is 5.10 Å². The van der Waals surface area contributed by atoms with Crippen LogP contribution in [-0.2, 0) is 13.0 Å². The van der Waals surface area contributed by atoms with E-state index in [1.165, 1.54) is 5.56 Å². The summed E-state index contributed by atoms with van der Waals surface area (Å²) >= 11 is 5.81. The zero-order valence-corrected chi connectivity index (χ0v) is 12.8. The molecule has 2 rings (SSSR count). The molecule has 1 heterocycles. The van der Waals surface area contributed by atoms with Crippen LogP contribution in [0.25, 0.3) is 0 Å². The van der Waals surface area contributed by atoms with Gasteiger partial charge in [0.05, 0.1) is 17.3 Å². The van der Waals surface area contributed by atoms with Crippen molar-refractivity contribution in [2.45, 2.75) is 26.8 Å². The topological polar surface area (TPSA) is 29.9 Å². The predicted octanol–water partition coefficient (Wildman–Crippen LogP) is 3.10. The lowest BCUT2D eigenvalue weighted by atomic mass is 10.1. The van der Waals surface area contributed by atoms with Crippen LogP contribution in [0.2, 0.25) is 5.02 Å². The molecular weight excluding hydrogens is 277 g/mol. The van der Waals surface area contributed by atoms with Crippen molar-refractivity contribution in [3.8, 4) is 0 Å². The Morgan fingerprint density at radius 1 is 1.35 bits per heavy atom. The number of halogens is 2. The van der Waals surface area contributed by atoms with Gasteiger partial charge in [0.2, 0.25) is 0 Å². The molecule has 1 aromatic carbocycles. The summed E-state index contributed by atoms with van der Waals surface area (Å²) in [4.78, 5) is 0. The molecule has 0 aliphatic rings. The van der Waals surface area contributed by atoms with E-state index >= 15 is 0 Å². The Balaban J connectivity index is 2.28. The third-order valence-electron chi connectivity index (χ3n) is 3.51. The Labute approximate surface area is 123 Å². The van der Waals surface area contributed by atoms with Crippen LogP contribution in [0.5, 0.6) is 0 Å². The van der Waals surface area contributed by atoms with Gasteiger partial charge in [0, 0.05) is 11.3 Å². The monoisotopic (exact) mass is 295 g/mol. The molecule has 0 fully saturated rings. The molecule has 0 amide bonds. The summed E-state index contributed by atoms with van der Waals surface area (Å²) in [5.74, 6) is -0.363. The van der Waals surface area contributed by atoms with Crippen molar-refractivity contribution in [2.24, 2.45) is 0 Å². The largest absolute Gasteiger partial charge is 0.319 e. The van der Waals surface area contributed by atoms with Crippen LogP contribution >= 0.6 is 11.6 Å². The molecule has 3 nitrogen and oxygen atoms in total. The lowest BCUT2D eigenvalue weighted by Gasteiger charge is -2.07. The van der Waals surface area contributed by atoms with E-state index < -0.39 is 0 Å². The Kier molecular flexibility index (Phi) is 4.78. The van der Waals surface area contributed by atoms with Gasteiger partial charge in [0.25, 0.3) is 0 Å². The van der Waals surface area contributed by atoms with Crippen LogP contribution in [-0.4, -0.2) is 23.4 Å². The molecule has 1 aromatic heterocycles. The highest BCUT2D eigenvalue weighted by molar-refractivity contribution is 6.30. The molecule has 20 heavy (non-hydrogen) atoms. The van der Waals surface area contributed by atoms with E-state index in [1.54, 1.807) is 18.2 Å². The minimum Gasteiger partial charge on any atom is -0.319 e. The maximum absolute atomic E-state index is 13.9. The van der Waals surface area contributed by atoms with E-state index in [4.69, 9.17) is 11.6 Å². The molecule has 0 aliphatic carbocycles. The van der Waals surface area contributed by atoms with Gasteiger partial charge >= 0.3 is 0 Å². The quantitative estimate of drug-likeness (QED) is 0.918. The zero-order valence-electron chi connectivity index (χ0n) is 12.0. The molecule has 0 radical (unpaired) electrons. The Morgan fingerprint density at radius 2 is 2.10 bits per heavy atom. The number of aromatic nitrogens is 2. The standard InChI is InChI=1S/C15H19ClFN3/c1-10-13(7-8-18-3)11(2)20(19-10)9-12-5-4-6-14(16)15(12)17/h4-6,18H,7-9H2,1-3H3. The normalized spacial score (nSPS) is 11.1.